The molecule has 0 aromatic heterocycles. The summed E-state index contributed by atoms with van der Waals surface area (Å²) in [6.45, 7) is 5.37. The zero-order valence-corrected chi connectivity index (χ0v) is 13.3. The minimum absolute atomic E-state index is 1.34. The van der Waals surface area contributed by atoms with Crippen molar-refractivity contribution in [3.63, 3.8) is 0 Å². The fraction of sp³-hybridized carbons (Fsp3) is 0.857. The van der Waals surface area contributed by atoms with Gasteiger partial charge < -0.3 is 0 Å². The molecule has 3 rings (SSSR count). The molecule has 21 heavy (non-hydrogen) atoms. The van der Waals surface area contributed by atoms with Gasteiger partial charge in [0, 0.05) is 51.4 Å². The van der Waals surface area contributed by atoms with E-state index in [0.717, 1.165) is 0 Å². The molecular weight excluding hydrogens is 296 g/mol. The predicted octanol–water partition coefficient (Wildman–Crippen LogP) is -0.805. The molecule has 2 saturated heterocycles. The van der Waals surface area contributed by atoms with Crippen LogP contribution in [0.2, 0.25) is 0 Å². The first-order chi connectivity index (χ1) is 9.93. The molecule has 0 aromatic carbocycles. The van der Waals surface area contributed by atoms with E-state index in [2.05, 4.69) is 9.15 Å². The Morgan fingerprint density at radius 2 is 0.905 bits per heavy atom. The van der Waals surface area contributed by atoms with Crippen molar-refractivity contribution in [2.75, 3.05) is 26.2 Å². The Bertz CT molecular complexity index is 361. The number of nitrogens with zero attached hydrogens (tertiary/aromatic N) is 2. The number of hydrogen-bond donors (Lipinski definition) is 3. The number of hydrogen-bond acceptors (Lipinski definition) is 4. The average Bonchev–Trinajstić information content (AvgIpc) is 3.11. The summed E-state index contributed by atoms with van der Waals surface area (Å²) in [4.78, 5) is 0. The third-order valence-electron chi connectivity index (χ3n) is 4.51. The molecule has 3 N–H and O–H groups in total. The van der Waals surface area contributed by atoms with E-state index in [1.165, 1.54) is 77.5 Å². The van der Waals surface area contributed by atoms with Crippen LogP contribution in [-0.4, -0.2) is 60.7 Å². The van der Waals surface area contributed by atoms with Crippen molar-refractivity contribution in [1.29, 1.82) is 0 Å². The molecule has 3 fully saturated rings. The van der Waals surface area contributed by atoms with E-state index in [-0.39, 0.29) is 0 Å². The third-order valence-corrected chi connectivity index (χ3v) is 4.51. The van der Waals surface area contributed by atoms with Gasteiger partial charge in [-0.3, -0.25) is 0 Å². The third kappa shape index (κ3) is 6.00. The van der Waals surface area contributed by atoms with E-state index in [1.807, 2.05) is 0 Å². The summed E-state index contributed by atoms with van der Waals surface area (Å²) in [6, 6.07) is 0. The van der Waals surface area contributed by atoms with Crippen LogP contribution in [0.3, 0.4) is 0 Å². The quantitative estimate of drug-likeness (QED) is 0.509. The van der Waals surface area contributed by atoms with Gasteiger partial charge in [-0.15, -0.1) is 0 Å². The fourth-order valence-corrected chi connectivity index (χ4v) is 3.53. The molecule has 1 saturated carbocycles. The zero-order chi connectivity index (χ0) is 15.3. The van der Waals surface area contributed by atoms with Crippen molar-refractivity contribution >= 4 is 11.4 Å². The van der Waals surface area contributed by atoms with E-state index < -0.39 is 10.2 Å². The van der Waals surface area contributed by atoms with Crippen LogP contribution in [0.25, 0.3) is 0 Å². The maximum absolute atomic E-state index is 8.83. The molecule has 122 valence electrons. The summed E-state index contributed by atoms with van der Waals surface area (Å²) in [5.74, 6) is 0. The van der Waals surface area contributed by atoms with Crippen LogP contribution in [0.15, 0.2) is 0 Å². The number of rotatable bonds is 0. The van der Waals surface area contributed by atoms with Gasteiger partial charge in [0.2, 0.25) is 0 Å². The monoisotopic (exact) mass is 322 g/mol. The van der Waals surface area contributed by atoms with Gasteiger partial charge in [0.1, 0.15) is 26.2 Å². The minimum atomic E-state index is -4.19. The molecule has 0 radical (unpaired) electrons. The average molecular weight is 323 g/mol. The maximum atomic E-state index is 8.83. The fourth-order valence-electron chi connectivity index (χ4n) is 3.53. The van der Waals surface area contributed by atoms with E-state index in [9.17, 15) is 0 Å². The molecule has 7 heteroatoms. The molecule has 0 atom stereocenters. The molecule has 2 aliphatic heterocycles. The molecule has 0 spiro atoms. The topological polar surface area (TPSA) is 89.8 Å². The van der Waals surface area contributed by atoms with Gasteiger partial charge in [0.05, 0.1) is 0 Å². The van der Waals surface area contributed by atoms with Crippen molar-refractivity contribution in [2.45, 2.75) is 51.4 Å². The molecule has 0 bridgehead atoms. The second kappa shape index (κ2) is 7.65. The predicted molar refractivity (Wildman–Crippen MR) is 73.6 cm³/mol. The van der Waals surface area contributed by atoms with Gasteiger partial charge in [-0.1, -0.05) is 0 Å². The Labute approximate surface area is 127 Å². The van der Waals surface area contributed by atoms with E-state index in [4.69, 9.17) is 18.6 Å². The first-order valence-electron chi connectivity index (χ1n) is 7.79. The number of halogens is 1. The Kier molecular flexibility index (Phi) is 6.13. The van der Waals surface area contributed by atoms with Gasteiger partial charge in [0.15, 0.2) is 11.4 Å². The van der Waals surface area contributed by atoms with Gasteiger partial charge in [-0.25, -0.2) is 9.15 Å². The molecular formula is C14H27ClN2O4+2. The summed E-state index contributed by atoms with van der Waals surface area (Å²) in [5, 5.41) is 0. The first kappa shape index (κ1) is 16.8. The summed E-state index contributed by atoms with van der Waals surface area (Å²) in [6.07, 6.45) is 11.1. The molecule has 2 heterocycles. The summed E-state index contributed by atoms with van der Waals surface area (Å²) < 4.78 is 35.6. The van der Waals surface area contributed by atoms with Crippen LogP contribution >= 0.6 is 0 Å². The van der Waals surface area contributed by atoms with Crippen LogP contribution in [0.4, 0.5) is 0 Å². The van der Waals surface area contributed by atoms with Crippen LogP contribution in [-0.2, 0) is 0 Å². The second-order valence-electron chi connectivity index (χ2n) is 5.95. The van der Waals surface area contributed by atoms with Crippen molar-refractivity contribution in [2.24, 2.45) is 0 Å². The van der Waals surface area contributed by atoms with Crippen LogP contribution < -0.4 is 4.66 Å². The van der Waals surface area contributed by atoms with E-state index in [1.54, 1.807) is 11.4 Å². The SMILES string of the molecule is C1CC[N+](=C2CCC(=[N+]3CCCC3)CC2)C1.[O-][Cl+](O)(O)O. The van der Waals surface area contributed by atoms with Crippen molar-refractivity contribution in [3.8, 4) is 0 Å². The Balaban J connectivity index is 0.000000282. The van der Waals surface area contributed by atoms with Crippen LogP contribution in [0, 0.1) is 10.2 Å². The van der Waals surface area contributed by atoms with Crippen molar-refractivity contribution in [1.82, 2.24) is 0 Å². The molecule has 0 aromatic rings. The van der Waals surface area contributed by atoms with Gasteiger partial charge in [-0.05, 0) is 0 Å². The molecule has 3 aliphatic rings. The standard InChI is InChI=1S/C14H24N2.ClH3O4/c1-2-10-15(9-1)13-5-7-14(8-6-13)16-11-3-4-12-16;2-1(3,4)5/h1-12H2;2-4H/q+2;. The zero-order valence-electron chi connectivity index (χ0n) is 12.5. The van der Waals surface area contributed by atoms with Gasteiger partial charge in [0.25, 0.3) is 0 Å². The summed E-state index contributed by atoms with van der Waals surface area (Å²) in [5.41, 5.74) is 3.53. The summed E-state index contributed by atoms with van der Waals surface area (Å²) in [7, 11) is -4.19. The first-order valence-corrected chi connectivity index (χ1v) is 9.11. The van der Waals surface area contributed by atoms with Crippen molar-refractivity contribution in [3.05, 3.63) is 0 Å². The van der Waals surface area contributed by atoms with E-state index in [0.29, 0.717) is 0 Å². The molecule has 0 unspecified atom stereocenters. The Hall–Kier alpha value is -0.530. The van der Waals surface area contributed by atoms with Crippen molar-refractivity contribution < 1.29 is 38.0 Å². The molecule has 0 amide bonds. The van der Waals surface area contributed by atoms with Gasteiger partial charge in [-0.2, -0.15) is 0 Å². The Morgan fingerprint density at radius 1 is 0.667 bits per heavy atom. The molecule has 1 aliphatic carbocycles. The Morgan fingerprint density at radius 3 is 1.14 bits per heavy atom. The van der Waals surface area contributed by atoms with Crippen LogP contribution in [0.1, 0.15) is 51.4 Å². The normalized spacial score (nSPS) is 24.2. The van der Waals surface area contributed by atoms with Crippen LogP contribution in [0.5, 0.6) is 0 Å². The molecule has 6 nitrogen and oxygen atoms in total. The van der Waals surface area contributed by atoms with E-state index >= 15 is 0 Å². The van der Waals surface area contributed by atoms with Gasteiger partial charge >= 0.3 is 28.9 Å². The second-order valence-corrected chi connectivity index (χ2v) is 6.82. The summed E-state index contributed by atoms with van der Waals surface area (Å²) >= 11 is 0.